The van der Waals surface area contributed by atoms with E-state index in [2.05, 4.69) is 30.7 Å². The van der Waals surface area contributed by atoms with E-state index in [0.717, 1.165) is 11.6 Å². The molecule has 3 atom stereocenters. The molecule has 1 aromatic rings. The van der Waals surface area contributed by atoms with E-state index in [4.69, 9.17) is 0 Å². The molecule has 0 aromatic carbocycles. The summed E-state index contributed by atoms with van der Waals surface area (Å²) < 4.78 is 0. The van der Waals surface area contributed by atoms with Crippen molar-refractivity contribution in [3.8, 4) is 0 Å². The average Bonchev–Trinajstić information content (AvgIpc) is 2.72. The number of nitrogens with zero attached hydrogens (tertiary/aromatic N) is 2. The van der Waals surface area contributed by atoms with E-state index < -0.39 is 0 Å². The first kappa shape index (κ1) is 12.7. The van der Waals surface area contributed by atoms with Gasteiger partial charge in [-0.05, 0) is 20.8 Å². The highest BCUT2D eigenvalue weighted by atomic mass is 32.1. The molecule has 0 saturated carbocycles. The monoisotopic (exact) mass is 252 g/mol. The lowest BCUT2D eigenvalue weighted by atomic mass is 9.90. The topological polar surface area (TPSA) is 33.2 Å². The lowest BCUT2D eigenvalue weighted by molar-refractivity contribution is -0.128. The number of aryl methyl sites for hydroxylation is 1. The SMILES string of the molecule is Cc1cnc(C(C)N2CCC(=O)C(C)C2C)s1. The van der Waals surface area contributed by atoms with Crippen molar-refractivity contribution in [2.24, 2.45) is 5.92 Å². The lowest BCUT2D eigenvalue weighted by Gasteiger charge is -2.40. The second kappa shape index (κ2) is 4.86. The Hall–Kier alpha value is -0.740. The van der Waals surface area contributed by atoms with Crippen LogP contribution in [-0.4, -0.2) is 28.3 Å². The average molecular weight is 252 g/mol. The van der Waals surface area contributed by atoms with Crippen LogP contribution in [0.2, 0.25) is 0 Å². The smallest absolute Gasteiger partial charge is 0.138 e. The third-order valence-corrected chi connectivity index (χ3v) is 4.95. The summed E-state index contributed by atoms with van der Waals surface area (Å²) in [6.07, 6.45) is 2.61. The molecule has 0 N–H and O–H groups in total. The Kier molecular flexibility index (Phi) is 3.64. The number of hydrogen-bond donors (Lipinski definition) is 0. The van der Waals surface area contributed by atoms with E-state index in [1.165, 1.54) is 4.88 Å². The second-order valence-electron chi connectivity index (χ2n) is 4.97. The molecule has 0 spiro atoms. The van der Waals surface area contributed by atoms with Crippen LogP contribution in [0.1, 0.15) is 43.1 Å². The van der Waals surface area contributed by atoms with E-state index in [9.17, 15) is 4.79 Å². The molecule has 17 heavy (non-hydrogen) atoms. The Morgan fingerprint density at radius 2 is 2.24 bits per heavy atom. The van der Waals surface area contributed by atoms with Gasteiger partial charge < -0.3 is 0 Å². The van der Waals surface area contributed by atoms with Crippen LogP contribution in [0.4, 0.5) is 0 Å². The van der Waals surface area contributed by atoms with Gasteiger partial charge in [0.05, 0.1) is 6.04 Å². The van der Waals surface area contributed by atoms with Gasteiger partial charge >= 0.3 is 0 Å². The van der Waals surface area contributed by atoms with E-state index in [1.54, 1.807) is 11.3 Å². The van der Waals surface area contributed by atoms with Crippen LogP contribution >= 0.6 is 11.3 Å². The van der Waals surface area contributed by atoms with Crippen LogP contribution in [0.3, 0.4) is 0 Å². The van der Waals surface area contributed by atoms with Gasteiger partial charge in [-0.15, -0.1) is 11.3 Å². The molecule has 0 radical (unpaired) electrons. The maximum Gasteiger partial charge on any atom is 0.138 e. The molecule has 1 aliphatic rings. The minimum atomic E-state index is 0.146. The number of Topliss-reactive ketones (excluding diaryl/α,β-unsaturated/α-hetero) is 1. The maximum absolute atomic E-state index is 11.7. The molecule has 0 amide bonds. The fraction of sp³-hybridized carbons (Fsp3) is 0.692. The van der Waals surface area contributed by atoms with Gasteiger partial charge in [-0.1, -0.05) is 6.92 Å². The predicted molar refractivity (Wildman–Crippen MR) is 70.2 cm³/mol. The van der Waals surface area contributed by atoms with Crippen molar-refractivity contribution < 1.29 is 4.79 Å². The van der Waals surface area contributed by atoms with Gasteiger partial charge in [0.25, 0.3) is 0 Å². The number of carbonyl (C=O) groups is 1. The van der Waals surface area contributed by atoms with Crippen LogP contribution in [0.5, 0.6) is 0 Å². The number of rotatable bonds is 2. The second-order valence-corrected chi connectivity index (χ2v) is 6.23. The zero-order chi connectivity index (χ0) is 12.6. The summed E-state index contributed by atoms with van der Waals surface area (Å²) in [5.74, 6) is 0.545. The Balaban J connectivity index is 2.14. The first-order chi connectivity index (χ1) is 8.00. The molecule has 3 nitrogen and oxygen atoms in total. The highest BCUT2D eigenvalue weighted by Crippen LogP contribution is 2.31. The molecule has 1 aromatic heterocycles. The van der Waals surface area contributed by atoms with Crippen molar-refractivity contribution in [3.05, 3.63) is 16.1 Å². The number of piperidine rings is 1. The van der Waals surface area contributed by atoms with Gasteiger partial charge in [-0.3, -0.25) is 9.69 Å². The van der Waals surface area contributed by atoms with Crippen LogP contribution < -0.4 is 0 Å². The Morgan fingerprint density at radius 1 is 1.53 bits per heavy atom. The summed E-state index contributed by atoms with van der Waals surface area (Å²) in [5, 5.41) is 1.16. The summed E-state index contributed by atoms with van der Waals surface area (Å²) in [5.41, 5.74) is 0. The Labute approximate surface area is 107 Å². The van der Waals surface area contributed by atoms with Gasteiger partial charge in [0.15, 0.2) is 0 Å². The summed E-state index contributed by atoms with van der Waals surface area (Å²) in [4.78, 5) is 19.8. The summed E-state index contributed by atoms with van der Waals surface area (Å²) >= 11 is 1.76. The van der Waals surface area contributed by atoms with Gasteiger partial charge in [-0.25, -0.2) is 4.98 Å². The number of carbonyl (C=O) groups excluding carboxylic acids is 1. The molecule has 2 rings (SSSR count). The zero-order valence-corrected chi connectivity index (χ0v) is 11.8. The number of ketones is 1. The predicted octanol–water partition coefficient (Wildman–Crippen LogP) is 2.81. The fourth-order valence-electron chi connectivity index (χ4n) is 2.48. The van der Waals surface area contributed by atoms with Gasteiger partial charge in [-0.2, -0.15) is 0 Å². The Morgan fingerprint density at radius 3 is 2.82 bits per heavy atom. The minimum Gasteiger partial charge on any atom is -0.299 e. The quantitative estimate of drug-likeness (QED) is 0.811. The van der Waals surface area contributed by atoms with Crippen molar-refractivity contribution in [1.82, 2.24) is 9.88 Å². The molecular weight excluding hydrogens is 232 g/mol. The molecule has 2 heterocycles. The molecule has 1 aliphatic heterocycles. The first-order valence-electron chi connectivity index (χ1n) is 6.21. The highest BCUT2D eigenvalue weighted by molar-refractivity contribution is 7.11. The fourth-order valence-corrected chi connectivity index (χ4v) is 3.33. The number of likely N-dealkylation sites (tertiary alicyclic amines) is 1. The van der Waals surface area contributed by atoms with Gasteiger partial charge in [0.2, 0.25) is 0 Å². The van der Waals surface area contributed by atoms with E-state index in [1.807, 2.05) is 13.1 Å². The zero-order valence-electron chi connectivity index (χ0n) is 10.9. The number of aromatic nitrogens is 1. The molecule has 0 bridgehead atoms. The molecule has 1 saturated heterocycles. The van der Waals surface area contributed by atoms with Crippen LogP contribution in [-0.2, 0) is 4.79 Å². The molecule has 4 heteroatoms. The molecule has 3 unspecified atom stereocenters. The van der Waals surface area contributed by atoms with Crippen molar-refractivity contribution in [1.29, 1.82) is 0 Å². The van der Waals surface area contributed by atoms with E-state index >= 15 is 0 Å². The van der Waals surface area contributed by atoms with Crippen LogP contribution in [0, 0.1) is 12.8 Å². The standard InChI is InChI=1S/C13H20N2OS/c1-8-7-14-13(17-8)11(4)15-6-5-12(16)9(2)10(15)3/h7,9-11H,5-6H2,1-4H3. The molecule has 94 valence electrons. The molecule has 1 fully saturated rings. The van der Waals surface area contributed by atoms with Gasteiger partial charge in [0.1, 0.15) is 10.8 Å². The summed E-state index contributed by atoms with van der Waals surface area (Å²) in [6, 6.07) is 0.634. The van der Waals surface area contributed by atoms with Crippen LogP contribution in [0.15, 0.2) is 6.20 Å². The number of hydrogen-bond acceptors (Lipinski definition) is 4. The largest absolute Gasteiger partial charge is 0.299 e. The van der Waals surface area contributed by atoms with E-state index in [0.29, 0.717) is 24.3 Å². The van der Waals surface area contributed by atoms with Gasteiger partial charge in [0, 0.05) is 36.0 Å². The maximum atomic E-state index is 11.7. The minimum absolute atomic E-state index is 0.146. The third kappa shape index (κ3) is 2.43. The summed E-state index contributed by atoms with van der Waals surface area (Å²) in [6.45, 7) is 9.33. The highest BCUT2D eigenvalue weighted by Gasteiger charge is 2.34. The van der Waals surface area contributed by atoms with E-state index in [-0.39, 0.29) is 5.92 Å². The normalized spacial score (nSPS) is 28.4. The number of thiazole rings is 1. The Bertz CT molecular complexity index is 415. The lowest BCUT2D eigenvalue weighted by Crippen LogP contribution is -2.47. The van der Waals surface area contributed by atoms with Crippen molar-refractivity contribution in [2.75, 3.05) is 6.54 Å². The first-order valence-corrected chi connectivity index (χ1v) is 7.03. The molecular formula is C13H20N2OS. The molecule has 0 aliphatic carbocycles. The third-order valence-electron chi connectivity index (χ3n) is 3.87. The van der Waals surface area contributed by atoms with Crippen LogP contribution in [0.25, 0.3) is 0 Å². The van der Waals surface area contributed by atoms with Crippen molar-refractivity contribution in [2.45, 2.75) is 46.2 Å². The summed E-state index contributed by atoms with van der Waals surface area (Å²) in [7, 11) is 0. The van der Waals surface area contributed by atoms with Crippen molar-refractivity contribution in [3.63, 3.8) is 0 Å². The van der Waals surface area contributed by atoms with Crippen molar-refractivity contribution >= 4 is 17.1 Å².